The number of amides is 1. The average Bonchev–Trinajstić information content (AvgIpc) is 3.28. The quantitative estimate of drug-likeness (QED) is 0.290. The molecule has 4 rings (SSSR count). The van der Waals surface area contributed by atoms with Gasteiger partial charge in [0.05, 0.1) is 12.2 Å². The third kappa shape index (κ3) is 5.02. The van der Waals surface area contributed by atoms with Gasteiger partial charge in [-0.05, 0) is 72.8 Å². The number of nitrogens with one attached hydrogen (secondary N) is 1. The van der Waals surface area contributed by atoms with Gasteiger partial charge in [-0.25, -0.2) is 0 Å². The van der Waals surface area contributed by atoms with Crippen molar-refractivity contribution in [3.8, 4) is 0 Å². The summed E-state index contributed by atoms with van der Waals surface area (Å²) in [5, 5.41) is 12.6. The van der Waals surface area contributed by atoms with Crippen molar-refractivity contribution >= 4 is 29.0 Å². The second-order valence-corrected chi connectivity index (χ2v) is 11.1. The normalized spacial score (nSPS) is 26.7. The smallest absolute Gasteiger partial charge is 0.254 e. The molecular weight excluding hydrogens is 446 g/mol. The molecule has 34 heavy (non-hydrogen) atoms. The van der Waals surface area contributed by atoms with Gasteiger partial charge in [0.15, 0.2) is 0 Å². The minimum absolute atomic E-state index is 0.0243. The number of aryl methyl sites for hydroxylation is 1. The first kappa shape index (κ1) is 24.4. The van der Waals surface area contributed by atoms with E-state index in [9.17, 15) is 4.79 Å². The van der Waals surface area contributed by atoms with E-state index < -0.39 is 6.04 Å². The Balaban J connectivity index is 1.57. The van der Waals surface area contributed by atoms with Crippen LogP contribution in [0.4, 0.5) is 5.69 Å². The number of aliphatic imine (C=N–C) groups is 1. The number of amidine groups is 1. The van der Waals surface area contributed by atoms with Gasteiger partial charge in [-0.15, -0.1) is 0 Å². The number of fused-ring (bicyclic) bond motifs is 2. The maximum atomic E-state index is 13.5. The second-order valence-electron chi connectivity index (χ2n) is 10.7. The zero-order valence-corrected chi connectivity index (χ0v) is 21.1. The largest absolute Gasteiger partial charge is 0.385 e. The lowest BCUT2D eigenvalue weighted by molar-refractivity contribution is -0.123. The molecule has 0 aliphatic heterocycles. The molecule has 180 valence electrons. The summed E-state index contributed by atoms with van der Waals surface area (Å²) in [4.78, 5) is 18.0. The van der Waals surface area contributed by atoms with Crippen molar-refractivity contribution in [2.45, 2.75) is 65.6 Å². The van der Waals surface area contributed by atoms with Crippen LogP contribution < -0.4 is 11.1 Å². The molecule has 2 aliphatic rings. The molecule has 2 saturated carbocycles. The third-order valence-corrected chi connectivity index (χ3v) is 8.02. The number of nitrogens with two attached hydrogens (primary N) is 1. The Morgan fingerprint density at radius 2 is 1.82 bits per heavy atom. The van der Waals surface area contributed by atoms with Gasteiger partial charge >= 0.3 is 0 Å². The molecule has 2 aromatic rings. The molecule has 4 unspecified atom stereocenters. The molecule has 0 aromatic heterocycles. The van der Waals surface area contributed by atoms with Crippen LogP contribution in [0.3, 0.4) is 0 Å². The first-order chi connectivity index (χ1) is 16.1. The van der Waals surface area contributed by atoms with E-state index in [0.717, 1.165) is 24.0 Å². The lowest BCUT2D eigenvalue weighted by atomic mass is 9.68. The van der Waals surface area contributed by atoms with Crippen LogP contribution in [0.25, 0.3) is 0 Å². The highest BCUT2D eigenvalue weighted by atomic mass is 35.5. The van der Waals surface area contributed by atoms with E-state index in [0.29, 0.717) is 23.2 Å². The molecule has 0 spiro atoms. The van der Waals surface area contributed by atoms with Gasteiger partial charge in [0.2, 0.25) is 6.04 Å². The topological polar surface area (TPSA) is 92.2 Å². The van der Waals surface area contributed by atoms with E-state index in [2.05, 4.69) is 41.3 Å². The summed E-state index contributed by atoms with van der Waals surface area (Å²) in [6.07, 6.45) is 3.49. The minimum atomic E-state index is -0.993. The summed E-state index contributed by atoms with van der Waals surface area (Å²) >= 11 is 5.98. The predicted octanol–water partition coefficient (Wildman–Crippen LogP) is 5.99. The Bertz CT molecular complexity index is 1090. The van der Waals surface area contributed by atoms with Crippen LogP contribution in [0.1, 0.15) is 51.2 Å². The molecule has 7 heteroatoms. The zero-order valence-electron chi connectivity index (χ0n) is 20.4. The van der Waals surface area contributed by atoms with Gasteiger partial charge in [-0.3, -0.25) is 9.79 Å². The van der Waals surface area contributed by atoms with Gasteiger partial charge in [0.1, 0.15) is 5.84 Å². The number of carbonyl (C=O) groups is 1. The summed E-state index contributed by atoms with van der Waals surface area (Å²) in [5.41, 5.74) is 9.21. The Morgan fingerprint density at radius 3 is 2.44 bits per heavy atom. The van der Waals surface area contributed by atoms with Gasteiger partial charge in [-0.1, -0.05) is 62.2 Å². The van der Waals surface area contributed by atoms with Gasteiger partial charge < -0.3 is 11.1 Å². The summed E-state index contributed by atoms with van der Waals surface area (Å²) < 4.78 is 0. The highest BCUT2D eigenvalue weighted by molar-refractivity contribution is 6.30. The van der Waals surface area contributed by atoms with Crippen LogP contribution in [0.15, 0.2) is 63.8 Å². The van der Waals surface area contributed by atoms with E-state index >= 15 is 0 Å². The summed E-state index contributed by atoms with van der Waals surface area (Å²) in [5.74, 6) is 0.515. The minimum Gasteiger partial charge on any atom is -0.385 e. The van der Waals surface area contributed by atoms with E-state index in [1.807, 2.05) is 55.5 Å². The van der Waals surface area contributed by atoms with Crippen molar-refractivity contribution in [3.63, 3.8) is 0 Å². The van der Waals surface area contributed by atoms with Crippen LogP contribution in [0.2, 0.25) is 5.02 Å². The van der Waals surface area contributed by atoms with Crippen LogP contribution in [-0.2, 0) is 11.3 Å². The number of azo groups is 1. The zero-order chi connectivity index (χ0) is 24.5. The van der Waals surface area contributed by atoms with E-state index in [-0.39, 0.29) is 28.6 Å². The van der Waals surface area contributed by atoms with Crippen molar-refractivity contribution in [1.82, 2.24) is 5.32 Å². The maximum Gasteiger partial charge on any atom is 0.254 e. The fourth-order valence-electron chi connectivity index (χ4n) is 5.72. The van der Waals surface area contributed by atoms with Crippen molar-refractivity contribution < 1.29 is 4.79 Å². The standard InChI is InChI=1S/C27H34ClN5O/c1-17-5-11-21(12-6-17)32-33-22(23(29)30-16-18-7-9-20(28)10-8-18)24(34)31-25-26(2,3)19-13-14-27(25,4)15-19/h5-12,19,22,25H,13-16H2,1-4H3,(H2,29,30)(H,31,34). The first-order valence-electron chi connectivity index (χ1n) is 11.9. The number of benzene rings is 2. The van der Waals surface area contributed by atoms with Crippen LogP contribution in [0, 0.1) is 23.7 Å². The molecular formula is C27H34ClN5O. The van der Waals surface area contributed by atoms with Crippen molar-refractivity contribution in [1.29, 1.82) is 0 Å². The number of hydrogen-bond donors (Lipinski definition) is 2. The average molecular weight is 480 g/mol. The molecule has 3 N–H and O–H groups in total. The number of carbonyl (C=O) groups excluding carboxylic acids is 1. The Labute approximate surface area is 207 Å². The fraction of sp³-hybridized carbons (Fsp3) is 0.481. The molecule has 4 atom stereocenters. The SMILES string of the molecule is Cc1ccc(N=NC(C(=O)NC2C3(C)CCC(C3)C2(C)C)C(N)=NCc2ccc(Cl)cc2)cc1. The lowest BCUT2D eigenvalue weighted by Gasteiger charge is -2.43. The first-order valence-corrected chi connectivity index (χ1v) is 12.3. The highest BCUT2D eigenvalue weighted by Gasteiger charge is 2.60. The summed E-state index contributed by atoms with van der Waals surface area (Å²) in [6, 6.07) is 14.1. The predicted molar refractivity (Wildman–Crippen MR) is 137 cm³/mol. The van der Waals surface area contributed by atoms with Crippen molar-refractivity contribution in [2.75, 3.05) is 0 Å². The Kier molecular flexibility index (Phi) is 6.81. The molecule has 2 aliphatic carbocycles. The number of halogens is 1. The molecule has 1 amide bonds. The van der Waals surface area contributed by atoms with Crippen LogP contribution in [0.5, 0.6) is 0 Å². The van der Waals surface area contributed by atoms with E-state index in [1.165, 1.54) is 6.42 Å². The second kappa shape index (κ2) is 9.49. The van der Waals surface area contributed by atoms with Crippen molar-refractivity contribution in [2.24, 2.45) is 37.7 Å². The molecule has 2 aromatic carbocycles. The molecule has 6 nitrogen and oxygen atoms in total. The molecule has 2 fully saturated rings. The van der Waals surface area contributed by atoms with Gasteiger partial charge in [0.25, 0.3) is 5.91 Å². The van der Waals surface area contributed by atoms with Crippen molar-refractivity contribution in [3.05, 3.63) is 64.7 Å². The number of hydrogen-bond acceptors (Lipinski definition) is 4. The molecule has 2 bridgehead atoms. The molecule has 0 radical (unpaired) electrons. The summed E-state index contributed by atoms with van der Waals surface area (Å²) in [6.45, 7) is 9.15. The molecule has 0 saturated heterocycles. The number of rotatable bonds is 7. The highest BCUT2D eigenvalue weighted by Crippen LogP contribution is 2.62. The third-order valence-electron chi connectivity index (χ3n) is 7.76. The fourth-order valence-corrected chi connectivity index (χ4v) is 5.85. The van der Waals surface area contributed by atoms with Gasteiger partial charge in [0, 0.05) is 11.1 Å². The van der Waals surface area contributed by atoms with E-state index in [4.69, 9.17) is 17.3 Å². The van der Waals surface area contributed by atoms with Crippen LogP contribution in [-0.4, -0.2) is 23.8 Å². The van der Waals surface area contributed by atoms with Gasteiger partial charge in [-0.2, -0.15) is 10.2 Å². The number of nitrogens with zero attached hydrogens (tertiary/aromatic N) is 3. The Hall–Kier alpha value is -2.73. The van der Waals surface area contributed by atoms with Crippen LogP contribution >= 0.6 is 11.6 Å². The van der Waals surface area contributed by atoms with E-state index in [1.54, 1.807) is 0 Å². The lowest BCUT2D eigenvalue weighted by Crippen LogP contribution is -2.56. The molecule has 0 heterocycles. The monoisotopic (exact) mass is 479 g/mol. The Morgan fingerprint density at radius 1 is 1.15 bits per heavy atom. The maximum absolute atomic E-state index is 13.5. The summed E-state index contributed by atoms with van der Waals surface area (Å²) in [7, 11) is 0.